The fourth-order valence-electron chi connectivity index (χ4n) is 4.41. The van der Waals surface area contributed by atoms with Crippen LogP contribution in [0.3, 0.4) is 0 Å². The second-order valence-electron chi connectivity index (χ2n) is 10.0. The number of anilines is 2. The molecule has 33 heavy (non-hydrogen) atoms. The van der Waals surface area contributed by atoms with E-state index in [2.05, 4.69) is 72.1 Å². The van der Waals surface area contributed by atoms with Gasteiger partial charge in [-0.3, -0.25) is 9.80 Å². The van der Waals surface area contributed by atoms with E-state index in [0.717, 1.165) is 38.0 Å². The molecule has 8 nitrogen and oxygen atoms in total. The average Bonchev–Trinajstić information content (AvgIpc) is 3.17. The molecule has 1 aromatic carbocycles. The number of cyclic esters (lactones) is 1. The topological polar surface area (TPSA) is 96.6 Å². The van der Waals surface area contributed by atoms with Gasteiger partial charge in [-0.05, 0) is 49.8 Å². The van der Waals surface area contributed by atoms with Crippen molar-refractivity contribution >= 4 is 17.9 Å². The van der Waals surface area contributed by atoms with E-state index in [1.807, 2.05) is 0 Å². The smallest absolute Gasteiger partial charge is 0.415 e. The SMILES string of the molecule is CC(C)C1COC(=O)N1c1ccnc(N[C@@H](C)c2ccc(CN3CCC(C)(N)CC3)cc2)n1. The highest BCUT2D eigenvalue weighted by atomic mass is 16.6. The van der Waals surface area contributed by atoms with Crippen molar-refractivity contribution in [1.82, 2.24) is 14.9 Å². The Morgan fingerprint density at radius 1 is 1.18 bits per heavy atom. The van der Waals surface area contributed by atoms with Crippen molar-refractivity contribution < 1.29 is 9.53 Å². The second kappa shape index (κ2) is 9.65. The molecule has 8 heteroatoms. The van der Waals surface area contributed by atoms with Crippen molar-refractivity contribution in [3.05, 3.63) is 47.7 Å². The Kier molecular flexibility index (Phi) is 6.86. The van der Waals surface area contributed by atoms with Crippen LogP contribution in [-0.4, -0.2) is 52.2 Å². The summed E-state index contributed by atoms with van der Waals surface area (Å²) in [6.45, 7) is 11.8. The number of hydrogen-bond donors (Lipinski definition) is 2. The number of rotatable bonds is 7. The lowest BCUT2D eigenvalue weighted by atomic mass is 9.91. The van der Waals surface area contributed by atoms with Gasteiger partial charge >= 0.3 is 6.09 Å². The fraction of sp³-hybridized carbons (Fsp3) is 0.560. The maximum Gasteiger partial charge on any atom is 0.415 e. The van der Waals surface area contributed by atoms with E-state index in [0.29, 0.717) is 18.4 Å². The third-order valence-electron chi connectivity index (χ3n) is 6.79. The van der Waals surface area contributed by atoms with Crippen LogP contribution in [0.25, 0.3) is 0 Å². The van der Waals surface area contributed by atoms with Gasteiger partial charge in [-0.1, -0.05) is 38.1 Å². The summed E-state index contributed by atoms with van der Waals surface area (Å²) in [5.74, 6) is 1.32. The predicted octanol–water partition coefficient (Wildman–Crippen LogP) is 3.94. The van der Waals surface area contributed by atoms with Crippen LogP contribution in [0.1, 0.15) is 57.7 Å². The van der Waals surface area contributed by atoms with Crippen LogP contribution in [-0.2, 0) is 11.3 Å². The molecule has 178 valence electrons. The highest BCUT2D eigenvalue weighted by Crippen LogP contribution is 2.27. The van der Waals surface area contributed by atoms with Crippen LogP contribution in [0, 0.1) is 5.92 Å². The molecule has 2 aliphatic rings. The summed E-state index contributed by atoms with van der Waals surface area (Å²) < 4.78 is 5.26. The molecule has 2 saturated heterocycles. The number of amides is 1. The number of nitrogens with zero attached hydrogens (tertiary/aromatic N) is 4. The standard InChI is InChI=1S/C25H36N6O2/c1-17(2)21-16-33-24(32)31(21)22-9-12-27-23(29-22)28-18(3)20-7-5-19(6-8-20)15-30-13-10-25(4,26)11-14-30/h5-9,12,17-18,21H,10-11,13-16,26H2,1-4H3,(H,27,28,29)/t18-,21?/m0/s1. The first-order chi connectivity index (χ1) is 15.7. The normalized spacial score (nSPS) is 21.8. The monoisotopic (exact) mass is 452 g/mol. The summed E-state index contributed by atoms with van der Waals surface area (Å²) in [4.78, 5) is 25.3. The summed E-state index contributed by atoms with van der Waals surface area (Å²) in [5.41, 5.74) is 8.69. The van der Waals surface area contributed by atoms with Gasteiger partial charge in [0.2, 0.25) is 5.95 Å². The number of hydrogen-bond acceptors (Lipinski definition) is 7. The van der Waals surface area contributed by atoms with Gasteiger partial charge in [0, 0.05) is 31.4 Å². The Bertz CT molecular complexity index is 952. The second-order valence-corrected chi connectivity index (χ2v) is 10.0. The highest BCUT2D eigenvalue weighted by Gasteiger charge is 2.37. The summed E-state index contributed by atoms with van der Waals surface area (Å²) in [6, 6.07) is 10.4. The molecule has 1 aromatic heterocycles. The zero-order valence-electron chi connectivity index (χ0n) is 20.1. The summed E-state index contributed by atoms with van der Waals surface area (Å²) in [6.07, 6.45) is 3.40. The molecule has 0 aliphatic carbocycles. The number of aromatic nitrogens is 2. The molecule has 0 radical (unpaired) electrons. The number of ether oxygens (including phenoxy) is 1. The van der Waals surface area contributed by atoms with E-state index in [4.69, 9.17) is 10.5 Å². The van der Waals surface area contributed by atoms with Crippen LogP contribution < -0.4 is 16.0 Å². The quantitative estimate of drug-likeness (QED) is 0.657. The van der Waals surface area contributed by atoms with Crippen LogP contribution >= 0.6 is 0 Å². The number of carbonyl (C=O) groups excluding carboxylic acids is 1. The Hall–Kier alpha value is -2.71. The van der Waals surface area contributed by atoms with E-state index in [1.165, 1.54) is 5.56 Å². The zero-order valence-corrected chi connectivity index (χ0v) is 20.1. The Morgan fingerprint density at radius 2 is 1.88 bits per heavy atom. The van der Waals surface area contributed by atoms with Gasteiger partial charge in [-0.15, -0.1) is 0 Å². The lowest BCUT2D eigenvalue weighted by Gasteiger charge is -2.36. The zero-order chi connectivity index (χ0) is 23.6. The number of likely N-dealkylation sites (tertiary alicyclic amines) is 1. The summed E-state index contributed by atoms with van der Waals surface area (Å²) in [5, 5.41) is 3.37. The Balaban J connectivity index is 1.38. The van der Waals surface area contributed by atoms with Crippen LogP contribution in [0.5, 0.6) is 0 Å². The number of nitrogens with two attached hydrogens (primary N) is 1. The predicted molar refractivity (Wildman–Crippen MR) is 130 cm³/mol. The van der Waals surface area contributed by atoms with Gasteiger partial charge in [0.15, 0.2) is 0 Å². The van der Waals surface area contributed by atoms with Crippen molar-refractivity contribution in [3.8, 4) is 0 Å². The van der Waals surface area contributed by atoms with Crippen molar-refractivity contribution in [2.75, 3.05) is 29.9 Å². The molecule has 2 atom stereocenters. The minimum absolute atomic E-state index is 0.0219. The van der Waals surface area contributed by atoms with Gasteiger partial charge in [-0.2, -0.15) is 4.98 Å². The van der Waals surface area contributed by atoms with Crippen LogP contribution in [0.4, 0.5) is 16.6 Å². The number of benzene rings is 1. The molecule has 2 aliphatic heterocycles. The Morgan fingerprint density at radius 3 is 2.55 bits per heavy atom. The minimum Gasteiger partial charge on any atom is -0.447 e. The minimum atomic E-state index is -0.355. The van der Waals surface area contributed by atoms with E-state index in [1.54, 1.807) is 17.2 Å². The molecule has 2 fully saturated rings. The van der Waals surface area contributed by atoms with Crippen molar-refractivity contribution in [2.24, 2.45) is 11.7 Å². The number of carbonyl (C=O) groups is 1. The summed E-state index contributed by atoms with van der Waals surface area (Å²) in [7, 11) is 0. The van der Waals surface area contributed by atoms with E-state index in [9.17, 15) is 4.79 Å². The van der Waals surface area contributed by atoms with Gasteiger partial charge < -0.3 is 15.8 Å². The van der Waals surface area contributed by atoms with Crippen molar-refractivity contribution in [2.45, 2.75) is 64.7 Å². The lowest BCUT2D eigenvalue weighted by molar-refractivity contribution is 0.165. The Labute approximate surface area is 196 Å². The van der Waals surface area contributed by atoms with E-state index in [-0.39, 0.29) is 29.6 Å². The molecule has 0 spiro atoms. The van der Waals surface area contributed by atoms with Crippen molar-refractivity contribution in [1.29, 1.82) is 0 Å². The largest absolute Gasteiger partial charge is 0.447 e. The maximum absolute atomic E-state index is 12.3. The molecule has 1 unspecified atom stereocenters. The first kappa shape index (κ1) is 23.4. The van der Waals surface area contributed by atoms with E-state index < -0.39 is 0 Å². The maximum atomic E-state index is 12.3. The molecule has 3 N–H and O–H groups in total. The molecule has 4 rings (SSSR count). The third-order valence-corrected chi connectivity index (χ3v) is 6.79. The van der Waals surface area contributed by atoms with Gasteiger partial charge in [-0.25, -0.2) is 9.78 Å². The van der Waals surface area contributed by atoms with Crippen molar-refractivity contribution in [3.63, 3.8) is 0 Å². The molecule has 2 aromatic rings. The molecule has 3 heterocycles. The van der Waals surface area contributed by atoms with E-state index >= 15 is 0 Å². The summed E-state index contributed by atoms with van der Waals surface area (Å²) >= 11 is 0. The first-order valence-electron chi connectivity index (χ1n) is 11.9. The first-order valence-corrected chi connectivity index (χ1v) is 11.9. The molecular weight excluding hydrogens is 416 g/mol. The van der Waals surface area contributed by atoms with Gasteiger partial charge in [0.05, 0.1) is 12.1 Å². The number of nitrogens with one attached hydrogen (secondary N) is 1. The highest BCUT2D eigenvalue weighted by molar-refractivity contribution is 5.89. The average molecular weight is 453 g/mol. The van der Waals surface area contributed by atoms with Gasteiger partial charge in [0.25, 0.3) is 0 Å². The fourth-order valence-corrected chi connectivity index (χ4v) is 4.41. The van der Waals surface area contributed by atoms with Crippen LogP contribution in [0.2, 0.25) is 0 Å². The number of piperidine rings is 1. The lowest BCUT2D eigenvalue weighted by Crippen LogP contribution is -2.47. The van der Waals surface area contributed by atoms with Gasteiger partial charge in [0.1, 0.15) is 12.4 Å². The molecule has 1 amide bonds. The molecule has 0 bridgehead atoms. The third kappa shape index (κ3) is 5.62. The van der Waals surface area contributed by atoms with Crippen LogP contribution in [0.15, 0.2) is 36.5 Å². The molecule has 0 saturated carbocycles. The molecular formula is C25H36N6O2.